The molecule has 8 nitrogen and oxygen atoms in total. The van der Waals surface area contributed by atoms with E-state index in [0.29, 0.717) is 0 Å². The summed E-state index contributed by atoms with van der Waals surface area (Å²) in [5.41, 5.74) is -0.877. The maximum absolute atomic E-state index is 13.5. The van der Waals surface area contributed by atoms with E-state index in [2.05, 4.69) is 5.32 Å². The topological polar surface area (TPSA) is 119 Å². The van der Waals surface area contributed by atoms with Crippen LogP contribution in [0.2, 0.25) is 0 Å². The number of halogens is 1. The molecule has 0 aliphatic rings. The highest BCUT2D eigenvalue weighted by molar-refractivity contribution is 5.65. The Morgan fingerprint density at radius 3 is 2.43 bits per heavy atom. The zero-order valence-corrected chi connectivity index (χ0v) is 11.7. The van der Waals surface area contributed by atoms with Crippen molar-refractivity contribution in [3.8, 4) is 0 Å². The van der Waals surface area contributed by atoms with Gasteiger partial charge in [0.05, 0.1) is 22.0 Å². The maximum Gasteiger partial charge on any atom is 0.299 e. The molecule has 0 heterocycles. The van der Waals surface area contributed by atoms with Crippen molar-refractivity contribution in [3.63, 3.8) is 0 Å². The summed E-state index contributed by atoms with van der Waals surface area (Å²) < 4.78 is 13.5. The molecular weight excluding hydrogens is 309 g/mol. The van der Waals surface area contributed by atoms with Gasteiger partial charge in [0.25, 0.3) is 11.4 Å². The van der Waals surface area contributed by atoms with Gasteiger partial charge in [-0.2, -0.15) is 0 Å². The summed E-state index contributed by atoms with van der Waals surface area (Å²) in [6.45, 7) is -0.195. The number of aliphatic hydroxyl groups excluding tert-OH is 1. The molecule has 2 aromatic carbocycles. The third kappa shape index (κ3) is 3.77. The van der Waals surface area contributed by atoms with Crippen LogP contribution in [-0.4, -0.2) is 21.5 Å². The predicted molar refractivity (Wildman–Crippen MR) is 79.6 cm³/mol. The maximum atomic E-state index is 13.5. The second-order valence-corrected chi connectivity index (χ2v) is 4.63. The van der Waals surface area contributed by atoms with E-state index in [1.807, 2.05) is 0 Å². The average Bonchev–Trinajstić information content (AvgIpc) is 2.52. The second-order valence-electron chi connectivity index (χ2n) is 4.63. The van der Waals surface area contributed by atoms with Crippen LogP contribution in [0.5, 0.6) is 0 Å². The van der Waals surface area contributed by atoms with Gasteiger partial charge in [0.2, 0.25) is 0 Å². The molecule has 0 aliphatic heterocycles. The van der Waals surface area contributed by atoms with Gasteiger partial charge in [0.1, 0.15) is 11.5 Å². The molecule has 0 amide bonds. The second kappa shape index (κ2) is 6.79. The first-order valence-electron chi connectivity index (χ1n) is 6.49. The lowest BCUT2D eigenvalue weighted by atomic mass is 10.1. The number of non-ortho nitro benzene ring substituents is 1. The molecular formula is C14H12FN3O5. The van der Waals surface area contributed by atoms with Gasteiger partial charge >= 0.3 is 0 Å². The van der Waals surface area contributed by atoms with Crippen LogP contribution >= 0.6 is 0 Å². The Labute approximate surface area is 129 Å². The SMILES string of the molecule is O=[N+]([O-])c1ccc(NCC(O)c2ccccc2F)c([N+](=O)[O-])c1. The van der Waals surface area contributed by atoms with E-state index >= 15 is 0 Å². The van der Waals surface area contributed by atoms with Gasteiger partial charge in [-0.3, -0.25) is 20.2 Å². The third-order valence-corrected chi connectivity index (χ3v) is 3.14. The number of nitro groups is 2. The van der Waals surface area contributed by atoms with Crippen molar-refractivity contribution < 1.29 is 19.3 Å². The molecule has 120 valence electrons. The van der Waals surface area contributed by atoms with Crippen molar-refractivity contribution >= 4 is 17.1 Å². The van der Waals surface area contributed by atoms with Gasteiger partial charge in [-0.1, -0.05) is 18.2 Å². The Morgan fingerprint density at radius 2 is 1.83 bits per heavy atom. The molecule has 2 rings (SSSR count). The number of nitrogens with one attached hydrogen (secondary N) is 1. The lowest BCUT2D eigenvalue weighted by Crippen LogP contribution is -2.14. The number of anilines is 1. The van der Waals surface area contributed by atoms with E-state index in [4.69, 9.17) is 0 Å². The van der Waals surface area contributed by atoms with Crippen LogP contribution in [0.4, 0.5) is 21.5 Å². The fourth-order valence-electron chi connectivity index (χ4n) is 2.00. The van der Waals surface area contributed by atoms with Gasteiger partial charge in [0.15, 0.2) is 0 Å². The van der Waals surface area contributed by atoms with Crippen molar-refractivity contribution in [1.29, 1.82) is 0 Å². The zero-order chi connectivity index (χ0) is 17.0. The molecule has 2 N–H and O–H groups in total. The molecule has 0 aliphatic carbocycles. The van der Waals surface area contributed by atoms with Crippen LogP contribution < -0.4 is 5.32 Å². The number of nitrogens with zero attached hydrogens (tertiary/aromatic N) is 2. The molecule has 0 saturated heterocycles. The molecule has 0 saturated carbocycles. The van der Waals surface area contributed by atoms with Gasteiger partial charge < -0.3 is 10.4 Å². The molecule has 0 radical (unpaired) electrons. The van der Waals surface area contributed by atoms with E-state index in [1.54, 1.807) is 6.07 Å². The highest BCUT2D eigenvalue weighted by Gasteiger charge is 2.20. The van der Waals surface area contributed by atoms with Crippen molar-refractivity contribution in [1.82, 2.24) is 0 Å². The zero-order valence-electron chi connectivity index (χ0n) is 11.7. The van der Waals surface area contributed by atoms with E-state index in [1.165, 1.54) is 24.3 Å². The van der Waals surface area contributed by atoms with Crippen molar-refractivity contribution in [2.24, 2.45) is 0 Å². The minimum atomic E-state index is -1.23. The fourth-order valence-corrected chi connectivity index (χ4v) is 2.00. The highest BCUT2D eigenvalue weighted by atomic mass is 19.1. The molecule has 1 unspecified atom stereocenters. The number of aliphatic hydroxyl groups is 1. The summed E-state index contributed by atoms with van der Waals surface area (Å²) >= 11 is 0. The lowest BCUT2D eigenvalue weighted by molar-refractivity contribution is -0.393. The quantitative estimate of drug-likeness (QED) is 0.624. The van der Waals surface area contributed by atoms with Crippen molar-refractivity contribution in [2.45, 2.75) is 6.10 Å². The number of benzene rings is 2. The Hall–Kier alpha value is -3.07. The largest absolute Gasteiger partial charge is 0.386 e. The summed E-state index contributed by atoms with van der Waals surface area (Å²) in [5.74, 6) is -0.597. The van der Waals surface area contributed by atoms with Crippen LogP contribution in [-0.2, 0) is 0 Å². The van der Waals surface area contributed by atoms with Crippen molar-refractivity contribution in [2.75, 3.05) is 11.9 Å². The molecule has 0 fully saturated rings. The van der Waals surface area contributed by atoms with Gasteiger partial charge in [-0.05, 0) is 12.1 Å². The number of hydrogen-bond acceptors (Lipinski definition) is 6. The summed E-state index contributed by atoms with van der Waals surface area (Å²) in [5, 5.41) is 34.2. The molecule has 0 spiro atoms. The van der Waals surface area contributed by atoms with E-state index < -0.39 is 33.1 Å². The molecule has 0 bridgehead atoms. The molecule has 2 aromatic rings. The van der Waals surface area contributed by atoms with Gasteiger partial charge in [-0.15, -0.1) is 0 Å². The minimum absolute atomic E-state index is 0.00371. The standard InChI is InChI=1S/C14H12FN3O5/c15-11-4-2-1-3-10(11)14(19)8-16-12-6-5-9(17(20)21)7-13(12)18(22)23/h1-7,14,16,19H,8H2. The normalized spacial score (nSPS) is 11.7. The van der Waals surface area contributed by atoms with Crippen LogP contribution in [0.3, 0.4) is 0 Å². The van der Waals surface area contributed by atoms with Crippen LogP contribution in [0.1, 0.15) is 11.7 Å². The number of nitro benzene ring substituents is 2. The fraction of sp³-hybridized carbons (Fsp3) is 0.143. The molecule has 1 atom stereocenters. The number of rotatable bonds is 6. The first kappa shape index (κ1) is 16.3. The van der Waals surface area contributed by atoms with E-state index in [-0.39, 0.29) is 17.8 Å². The third-order valence-electron chi connectivity index (χ3n) is 3.14. The van der Waals surface area contributed by atoms with E-state index in [9.17, 15) is 29.7 Å². The summed E-state index contributed by atoms with van der Waals surface area (Å²) in [6.07, 6.45) is -1.23. The van der Waals surface area contributed by atoms with Crippen molar-refractivity contribution in [3.05, 3.63) is 74.1 Å². The van der Waals surface area contributed by atoms with Crippen LogP contribution in [0, 0.1) is 26.0 Å². The molecule has 9 heteroatoms. The minimum Gasteiger partial charge on any atom is -0.386 e. The van der Waals surface area contributed by atoms with Crippen LogP contribution in [0.15, 0.2) is 42.5 Å². The lowest BCUT2D eigenvalue weighted by Gasteiger charge is -2.13. The monoisotopic (exact) mass is 321 g/mol. The molecule has 0 aromatic heterocycles. The summed E-state index contributed by atoms with van der Waals surface area (Å²) in [6, 6.07) is 8.70. The van der Waals surface area contributed by atoms with Gasteiger partial charge in [0, 0.05) is 18.2 Å². The average molecular weight is 321 g/mol. The highest BCUT2D eigenvalue weighted by Crippen LogP contribution is 2.29. The predicted octanol–water partition coefficient (Wildman–Crippen LogP) is 2.79. The number of hydrogen-bond donors (Lipinski definition) is 2. The first-order chi connectivity index (χ1) is 10.9. The summed E-state index contributed by atoms with van der Waals surface area (Å²) in [7, 11) is 0. The Bertz CT molecular complexity index is 753. The van der Waals surface area contributed by atoms with Gasteiger partial charge in [-0.25, -0.2) is 4.39 Å². The van der Waals surface area contributed by atoms with E-state index in [0.717, 1.165) is 12.1 Å². The Morgan fingerprint density at radius 1 is 1.13 bits per heavy atom. The Kier molecular flexibility index (Phi) is 4.82. The summed E-state index contributed by atoms with van der Waals surface area (Å²) in [4.78, 5) is 20.1. The first-order valence-corrected chi connectivity index (χ1v) is 6.49. The smallest absolute Gasteiger partial charge is 0.299 e. The van der Waals surface area contributed by atoms with Crippen LogP contribution in [0.25, 0.3) is 0 Å². The molecule has 23 heavy (non-hydrogen) atoms. The Balaban J connectivity index is 2.18.